The van der Waals surface area contributed by atoms with Gasteiger partial charge in [-0.15, -0.1) is 11.3 Å². The van der Waals surface area contributed by atoms with Gasteiger partial charge in [0, 0.05) is 21.5 Å². The third kappa shape index (κ3) is 4.31. The molecule has 21 heavy (non-hydrogen) atoms. The molecule has 0 aliphatic rings. The van der Waals surface area contributed by atoms with Gasteiger partial charge in [-0.25, -0.2) is 4.79 Å². The molecule has 2 amide bonds. The van der Waals surface area contributed by atoms with Gasteiger partial charge in [0.05, 0.1) is 6.04 Å². The molecule has 5 heteroatoms. The number of urea groups is 1. The van der Waals surface area contributed by atoms with Crippen LogP contribution in [0.5, 0.6) is 0 Å². The van der Waals surface area contributed by atoms with Gasteiger partial charge < -0.3 is 16.4 Å². The highest BCUT2D eigenvalue weighted by Gasteiger charge is 2.11. The summed E-state index contributed by atoms with van der Waals surface area (Å²) in [5.74, 6) is 0. The van der Waals surface area contributed by atoms with Crippen molar-refractivity contribution in [3.05, 3.63) is 51.7 Å². The standard InChI is InChI=1S/C16H21N3OS/c1-10-7-8-15(21-10)12(3)18-16(20)19-14-6-4-5-13(9-14)11(2)17/h4-9,11-12H,17H2,1-3H3,(H2,18,19,20). The Hall–Kier alpha value is -1.85. The van der Waals surface area contributed by atoms with Gasteiger partial charge in [0.2, 0.25) is 0 Å². The van der Waals surface area contributed by atoms with Crippen molar-refractivity contribution in [2.75, 3.05) is 5.32 Å². The van der Waals surface area contributed by atoms with E-state index in [1.165, 1.54) is 4.88 Å². The summed E-state index contributed by atoms with van der Waals surface area (Å²) < 4.78 is 0. The zero-order valence-electron chi connectivity index (χ0n) is 12.5. The minimum absolute atomic E-state index is 0.0136. The van der Waals surface area contributed by atoms with Gasteiger partial charge in [-0.3, -0.25) is 0 Å². The highest BCUT2D eigenvalue weighted by atomic mass is 32.1. The molecule has 2 atom stereocenters. The van der Waals surface area contributed by atoms with Gasteiger partial charge >= 0.3 is 6.03 Å². The van der Waals surface area contributed by atoms with Gasteiger partial charge in [-0.05, 0) is 50.6 Å². The Morgan fingerprint density at radius 1 is 1.24 bits per heavy atom. The molecular formula is C16H21N3OS. The fourth-order valence-corrected chi connectivity index (χ4v) is 2.90. The third-order valence-corrected chi connectivity index (χ3v) is 4.39. The van der Waals surface area contributed by atoms with Gasteiger partial charge in [0.25, 0.3) is 0 Å². The molecule has 0 aliphatic heterocycles. The Morgan fingerprint density at radius 2 is 2.00 bits per heavy atom. The fourth-order valence-electron chi connectivity index (χ4n) is 2.02. The van der Waals surface area contributed by atoms with Crippen molar-refractivity contribution in [1.82, 2.24) is 5.32 Å². The van der Waals surface area contributed by atoms with Crippen molar-refractivity contribution >= 4 is 23.1 Å². The maximum Gasteiger partial charge on any atom is 0.319 e. The van der Waals surface area contributed by atoms with Crippen LogP contribution >= 0.6 is 11.3 Å². The molecule has 2 unspecified atom stereocenters. The van der Waals surface area contributed by atoms with Gasteiger partial charge in [0.1, 0.15) is 0 Å². The lowest BCUT2D eigenvalue weighted by atomic mass is 10.1. The summed E-state index contributed by atoms with van der Waals surface area (Å²) in [5, 5.41) is 5.78. The zero-order valence-corrected chi connectivity index (χ0v) is 13.3. The lowest BCUT2D eigenvalue weighted by Gasteiger charge is -2.14. The van der Waals surface area contributed by atoms with Crippen LogP contribution < -0.4 is 16.4 Å². The van der Waals surface area contributed by atoms with Gasteiger partial charge in [0.15, 0.2) is 0 Å². The Bertz CT molecular complexity index is 621. The van der Waals surface area contributed by atoms with E-state index in [0.717, 1.165) is 16.1 Å². The normalized spacial score (nSPS) is 13.5. The van der Waals surface area contributed by atoms with Crippen LogP contribution in [0.15, 0.2) is 36.4 Å². The second-order valence-corrected chi connectivity index (χ2v) is 6.50. The molecular weight excluding hydrogens is 282 g/mol. The van der Waals surface area contributed by atoms with E-state index in [1.807, 2.05) is 44.2 Å². The summed E-state index contributed by atoms with van der Waals surface area (Å²) in [6, 6.07) is 11.4. The number of carbonyl (C=O) groups excluding carboxylic acids is 1. The molecule has 4 nitrogen and oxygen atoms in total. The Labute approximate surface area is 129 Å². The third-order valence-electron chi connectivity index (χ3n) is 3.21. The molecule has 0 aliphatic carbocycles. The molecule has 112 valence electrons. The van der Waals surface area contributed by atoms with Crippen LogP contribution in [0.4, 0.5) is 10.5 Å². The first-order valence-electron chi connectivity index (χ1n) is 6.95. The Morgan fingerprint density at radius 3 is 2.62 bits per heavy atom. The van der Waals surface area contributed by atoms with E-state index in [-0.39, 0.29) is 18.1 Å². The zero-order chi connectivity index (χ0) is 15.4. The Balaban J connectivity index is 1.97. The SMILES string of the molecule is Cc1ccc(C(C)NC(=O)Nc2cccc(C(C)N)c2)s1. The van der Waals surface area contributed by atoms with E-state index in [9.17, 15) is 4.79 Å². The maximum absolute atomic E-state index is 12.0. The average molecular weight is 303 g/mol. The Kier molecular flexibility index (Phi) is 4.98. The number of hydrogen-bond acceptors (Lipinski definition) is 3. The second-order valence-electron chi connectivity index (χ2n) is 5.18. The topological polar surface area (TPSA) is 67.2 Å². The number of nitrogens with two attached hydrogens (primary N) is 1. The maximum atomic E-state index is 12.0. The first-order valence-corrected chi connectivity index (χ1v) is 7.76. The quantitative estimate of drug-likeness (QED) is 0.800. The van der Waals surface area contributed by atoms with Crippen molar-refractivity contribution < 1.29 is 4.79 Å². The minimum atomic E-state index is -0.213. The molecule has 0 saturated carbocycles. The van der Waals surface area contributed by atoms with Crippen LogP contribution in [0, 0.1) is 6.92 Å². The predicted molar refractivity (Wildman–Crippen MR) is 88.7 cm³/mol. The van der Waals surface area contributed by atoms with E-state index in [2.05, 4.69) is 23.6 Å². The summed E-state index contributed by atoms with van der Waals surface area (Å²) in [6.07, 6.45) is 0. The van der Waals surface area contributed by atoms with Crippen molar-refractivity contribution in [2.45, 2.75) is 32.9 Å². The molecule has 0 spiro atoms. The lowest BCUT2D eigenvalue weighted by molar-refractivity contribution is 0.249. The van der Waals surface area contributed by atoms with Crippen molar-refractivity contribution in [1.29, 1.82) is 0 Å². The first kappa shape index (κ1) is 15.5. The largest absolute Gasteiger partial charge is 0.331 e. The van der Waals surface area contributed by atoms with Crippen LogP contribution in [0.3, 0.4) is 0 Å². The molecule has 1 heterocycles. The number of nitrogens with one attached hydrogen (secondary N) is 2. The van der Waals surface area contributed by atoms with Crippen LogP contribution in [0.1, 0.15) is 41.2 Å². The number of amides is 2. The number of aryl methyl sites for hydroxylation is 1. The molecule has 0 saturated heterocycles. The smallest absolute Gasteiger partial charge is 0.319 e. The number of carbonyl (C=O) groups is 1. The van der Waals surface area contributed by atoms with Gasteiger partial charge in [-0.2, -0.15) is 0 Å². The number of rotatable bonds is 4. The highest BCUT2D eigenvalue weighted by Crippen LogP contribution is 2.22. The summed E-state index contributed by atoms with van der Waals surface area (Å²) in [5.41, 5.74) is 7.59. The summed E-state index contributed by atoms with van der Waals surface area (Å²) >= 11 is 1.69. The molecule has 2 rings (SSSR count). The number of benzene rings is 1. The fraction of sp³-hybridized carbons (Fsp3) is 0.312. The predicted octanol–water partition coefficient (Wildman–Crippen LogP) is 3.96. The van der Waals surface area contributed by atoms with E-state index in [4.69, 9.17) is 5.73 Å². The monoisotopic (exact) mass is 303 g/mol. The average Bonchev–Trinajstić information content (AvgIpc) is 2.85. The van der Waals surface area contributed by atoms with E-state index in [0.29, 0.717) is 0 Å². The molecule has 0 radical (unpaired) electrons. The molecule has 0 bridgehead atoms. The highest BCUT2D eigenvalue weighted by molar-refractivity contribution is 7.12. The molecule has 0 fully saturated rings. The number of thiophene rings is 1. The van der Waals surface area contributed by atoms with Crippen molar-refractivity contribution in [3.8, 4) is 0 Å². The van der Waals surface area contributed by atoms with E-state index in [1.54, 1.807) is 11.3 Å². The van der Waals surface area contributed by atoms with Crippen LogP contribution in [-0.2, 0) is 0 Å². The summed E-state index contributed by atoms with van der Waals surface area (Å²) in [7, 11) is 0. The molecule has 4 N–H and O–H groups in total. The number of anilines is 1. The molecule has 1 aromatic carbocycles. The first-order chi connectivity index (χ1) is 9.95. The molecule has 2 aromatic rings. The number of hydrogen-bond donors (Lipinski definition) is 3. The summed E-state index contributed by atoms with van der Waals surface area (Å²) in [4.78, 5) is 14.4. The minimum Gasteiger partial charge on any atom is -0.331 e. The van der Waals surface area contributed by atoms with Crippen LogP contribution in [-0.4, -0.2) is 6.03 Å². The van der Waals surface area contributed by atoms with Crippen molar-refractivity contribution in [3.63, 3.8) is 0 Å². The summed E-state index contributed by atoms with van der Waals surface area (Å²) in [6.45, 7) is 5.95. The van der Waals surface area contributed by atoms with Crippen molar-refractivity contribution in [2.24, 2.45) is 5.73 Å². The van der Waals surface area contributed by atoms with Gasteiger partial charge in [-0.1, -0.05) is 12.1 Å². The molecule has 1 aromatic heterocycles. The van der Waals surface area contributed by atoms with Crippen LogP contribution in [0.25, 0.3) is 0 Å². The second kappa shape index (κ2) is 6.74. The lowest BCUT2D eigenvalue weighted by Crippen LogP contribution is -2.30. The van der Waals surface area contributed by atoms with E-state index >= 15 is 0 Å². The van der Waals surface area contributed by atoms with E-state index < -0.39 is 0 Å². The van der Waals surface area contributed by atoms with Crippen LogP contribution in [0.2, 0.25) is 0 Å².